The molecule has 1 aromatic carbocycles. The van der Waals surface area contributed by atoms with Crippen LogP contribution in [0.3, 0.4) is 0 Å². The van der Waals surface area contributed by atoms with Crippen LogP contribution in [0.5, 0.6) is 0 Å². The van der Waals surface area contributed by atoms with Crippen LogP contribution in [0.1, 0.15) is 29.3 Å². The third-order valence-electron chi connectivity index (χ3n) is 3.67. The summed E-state index contributed by atoms with van der Waals surface area (Å²) >= 11 is 0. The zero-order chi connectivity index (χ0) is 12.5. The molecule has 0 saturated carbocycles. The van der Waals surface area contributed by atoms with Gasteiger partial charge < -0.3 is 5.73 Å². The number of aromatic nitrogens is 2. The number of aryl methyl sites for hydroxylation is 2. The summed E-state index contributed by atoms with van der Waals surface area (Å²) in [5, 5.41) is 0. The topological polar surface area (TPSA) is 51.8 Å². The maximum Gasteiger partial charge on any atom is 0.159 e. The Morgan fingerprint density at radius 1 is 1.22 bits per heavy atom. The lowest BCUT2D eigenvalue weighted by atomic mass is 10.0. The van der Waals surface area contributed by atoms with Crippen LogP contribution in [0.25, 0.3) is 11.4 Å². The first kappa shape index (κ1) is 11.4. The number of nitrogens with zero attached hydrogens (tertiary/aromatic N) is 2. The molecule has 92 valence electrons. The van der Waals surface area contributed by atoms with Crippen molar-refractivity contribution in [2.24, 2.45) is 5.73 Å². The minimum absolute atomic E-state index is 0.449. The molecule has 0 saturated heterocycles. The van der Waals surface area contributed by atoms with Crippen molar-refractivity contribution < 1.29 is 0 Å². The molecular weight excluding hydrogens is 222 g/mol. The molecule has 0 bridgehead atoms. The van der Waals surface area contributed by atoms with Crippen molar-refractivity contribution in [2.45, 2.75) is 25.7 Å². The van der Waals surface area contributed by atoms with Crippen LogP contribution in [0.15, 0.2) is 30.3 Å². The third-order valence-corrected chi connectivity index (χ3v) is 3.67. The van der Waals surface area contributed by atoms with Gasteiger partial charge in [-0.2, -0.15) is 0 Å². The van der Waals surface area contributed by atoms with Crippen molar-refractivity contribution in [3.8, 4) is 11.4 Å². The molecule has 2 aromatic rings. The van der Waals surface area contributed by atoms with Crippen LogP contribution in [0, 0.1) is 6.92 Å². The van der Waals surface area contributed by atoms with Gasteiger partial charge in [0.25, 0.3) is 0 Å². The maximum absolute atomic E-state index is 5.81. The average Bonchev–Trinajstić information content (AvgIpc) is 2.83. The summed E-state index contributed by atoms with van der Waals surface area (Å²) in [5.74, 6) is 1.29. The minimum Gasteiger partial charge on any atom is -0.330 e. The van der Waals surface area contributed by atoms with Crippen LogP contribution >= 0.6 is 0 Å². The van der Waals surface area contributed by atoms with E-state index >= 15 is 0 Å². The standard InChI is InChI=1S/C15H17N3/c1-10-14-12(9-16)7-8-13(14)18-15(17-10)11-5-3-2-4-6-11/h2-6,12H,7-9,16H2,1H3. The third kappa shape index (κ3) is 1.81. The quantitative estimate of drug-likeness (QED) is 0.875. The van der Waals surface area contributed by atoms with E-state index in [1.807, 2.05) is 18.2 Å². The summed E-state index contributed by atoms with van der Waals surface area (Å²) in [6, 6.07) is 10.1. The molecule has 3 nitrogen and oxygen atoms in total. The van der Waals surface area contributed by atoms with Crippen molar-refractivity contribution in [2.75, 3.05) is 6.54 Å². The van der Waals surface area contributed by atoms with Gasteiger partial charge in [0.1, 0.15) is 0 Å². The van der Waals surface area contributed by atoms with Gasteiger partial charge in [-0.3, -0.25) is 0 Å². The monoisotopic (exact) mass is 239 g/mol. The summed E-state index contributed by atoms with van der Waals surface area (Å²) in [6.07, 6.45) is 2.14. The Labute approximate surface area is 107 Å². The predicted octanol–water partition coefficient (Wildman–Crippen LogP) is 2.44. The van der Waals surface area contributed by atoms with Crippen molar-refractivity contribution >= 4 is 0 Å². The van der Waals surface area contributed by atoms with E-state index in [1.165, 1.54) is 11.3 Å². The molecule has 1 aromatic heterocycles. The van der Waals surface area contributed by atoms with Crippen LogP contribution in [-0.4, -0.2) is 16.5 Å². The number of hydrogen-bond acceptors (Lipinski definition) is 3. The van der Waals surface area contributed by atoms with E-state index in [4.69, 9.17) is 10.7 Å². The largest absolute Gasteiger partial charge is 0.330 e. The smallest absolute Gasteiger partial charge is 0.159 e. The summed E-state index contributed by atoms with van der Waals surface area (Å²) in [4.78, 5) is 9.36. The fourth-order valence-electron chi connectivity index (χ4n) is 2.77. The van der Waals surface area contributed by atoms with Crippen LogP contribution < -0.4 is 5.73 Å². The zero-order valence-corrected chi connectivity index (χ0v) is 10.6. The van der Waals surface area contributed by atoms with E-state index in [9.17, 15) is 0 Å². The van der Waals surface area contributed by atoms with Crippen LogP contribution in [-0.2, 0) is 6.42 Å². The number of rotatable bonds is 2. The fourth-order valence-corrected chi connectivity index (χ4v) is 2.77. The Bertz CT molecular complexity index is 563. The minimum atomic E-state index is 0.449. The first-order valence-electron chi connectivity index (χ1n) is 6.42. The summed E-state index contributed by atoms with van der Waals surface area (Å²) in [5.41, 5.74) is 10.5. The lowest BCUT2D eigenvalue weighted by Crippen LogP contribution is -2.11. The fraction of sp³-hybridized carbons (Fsp3) is 0.333. The van der Waals surface area contributed by atoms with Crippen molar-refractivity contribution in [3.63, 3.8) is 0 Å². The highest BCUT2D eigenvalue weighted by Crippen LogP contribution is 2.34. The Balaban J connectivity index is 2.09. The molecule has 3 heteroatoms. The Morgan fingerprint density at radius 2 is 2.00 bits per heavy atom. The van der Waals surface area contributed by atoms with E-state index in [0.717, 1.165) is 29.9 Å². The molecule has 0 amide bonds. The molecule has 1 atom stereocenters. The molecule has 18 heavy (non-hydrogen) atoms. The van der Waals surface area contributed by atoms with E-state index in [0.29, 0.717) is 12.5 Å². The van der Waals surface area contributed by atoms with Crippen LogP contribution in [0.2, 0.25) is 0 Å². The second-order valence-electron chi connectivity index (χ2n) is 4.83. The normalized spacial score (nSPS) is 17.8. The Kier molecular flexibility index (Phi) is 2.84. The highest BCUT2D eigenvalue weighted by atomic mass is 14.9. The molecule has 1 aliphatic rings. The molecule has 1 unspecified atom stereocenters. The van der Waals surface area contributed by atoms with E-state index < -0.39 is 0 Å². The first-order chi connectivity index (χ1) is 8.79. The van der Waals surface area contributed by atoms with Gasteiger partial charge in [0.2, 0.25) is 0 Å². The highest BCUT2D eigenvalue weighted by molar-refractivity contribution is 5.56. The average molecular weight is 239 g/mol. The van der Waals surface area contributed by atoms with Gasteiger partial charge in [0.15, 0.2) is 5.82 Å². The van der Waals surface area contributed by atoms with E-state index in [-0.39, 0.29) is 0 Å². The lowest BCUT2D eigenvalue weighted by molar-refractivity contribution is 0.683. The molecule has 2 N–H and O–H groups in total. The van der Waals surface area contributed by atoms with Gasteiger partial charge in [-0.05, 0) is 31.9 Å². The van der Waals surface area contributed by atoms with Crippen LogP contribution in [0.4, 0.5) is 0 Å². The summed E-state index contributed by atoms with van der Waals surface area (Å²) < 4.78 is 0. The zero-order valence-electron chi connectivity index (χ0n) is 10.6. The SMILES string of the molecule is Cc1nc(-c2ccccc2)nc2c1C(CN)CC2. The predicted molar refractivity (Wildman–Crippen MR) is 72.3 cm³/mol. The summed E-state index contributed by atoms with van der Waals surface area (Å²) in [7, 11) is 0. The number of benzene rings is 1. The Hall–Kier alpha value is -1.74. The summed E-state index contributed by atoms with van der Waals surface area (Å²) in [6.45, 7) is 2.77. The van der Waals surface area contributed by atoms with Gasteiger partial charge in [-0.1, -0.05) is 30.3 Å². The molecular formula is C15H17N3. The second-order valence-corrected chi connectivity index (χ2v) is 4.83. The molecule has 0 aliphatic heterocycles. The van der Waals surface area contributed by atoms with Crippen molar-refractivity contribution in [1.82, 2.24) is 9.97 Å². The van der Waals surface area contributed by atoms with Crippen molar-refractivity contribution in [3.05, 3.63) is 47.3 Å². The van der Waals surface area contributed by atoms with Gasteiger partial charge in [-0.15, -0.1) is 0 Å². The highest BCUT2D eigenvalue weighted by Gasteiger charge is 2.26. The second kappa shape index (κ2) is 4.50. The molecule has 0 fully saturated rings. The lowest BCUT2D eigenvalue weighted by Gasteiger charge is -2.11. The molecule has 0 spiro atoms. The van der Waals surface area contributed by atoms with Gasteiger partial charge in [0.05, 0.1) is 0 Å². The van der Waals surface area contributed by atoms with Gasteiger partial charge in [-0.25, -0.2) is 9.97 Å². The van der Waals surface area contributed by atoms with E-state index in [1.54, 1.807) is 0 Å². The Morgan fingerprint density at radius 3 is 2.72 bits per heavy atom. The number of nitrogens with two attached hydrogens (primary N) is 1. The van der Waals surface area contributed by atoms with Gasteiger partial charge in [0, 0.05) is 22.9 Å². The molecule has 1 heterocycles. The van der Waals surface area contributed by atoms with E-state index in [2.05, 4.69) is 24.0 Å². The number of fused-ring (bicyclic) bond motifs is 1. The molecule has 1 aliphatic carbocycles. The molecule has 3 rings (SSSR count). The van der Waals surface area contributed by atoms with Crippen molar-refractivity contribution in [1.29, 1.82) is 0 Å². The van der Waals surface area contributed by atoms with Gasteiger partial charge >= 0.3 is 0 Å². The first-order valence-corrected chi connectivity index (χ1v) is 6.42. The maximum atomic E-state index is 5.81. The number of hydrogen-bond donors (Lipinski definition) is 1. The molecule has 0 radical (unpaired) electrons.